The molecule has 0 spiro atoms. The Morgan fingerprint density at radius 3 is 1.92 bits per heavy atom. The lowest BCUT2D eigenvalue weighted by atomic mass is 9.98. The topological polar surface area (TPSA) is 74.8 Å². The van der Waals surface area contributed by atoms with Gasteiger partial charge in [0.05, 0.1) is 4.90 Å². The molecule has 2 amide bonds. The molecule has 128 valence electrons. The summed E-state index contributed by atoms with van der Waals surface area (Å²) in [5.41, 5.74) is 0. The second-order valence-corrected chi connectivity index (χ2v) is 8.66. The lowest BCUT2D eigenvalue weighted by Crippen LogP contribution is -2.53. The van der Waals surface area contributed by atoms with Gasteiger partial charge in [-0.15, -0.1) is 0 Å². The fourth-order valence-corrected chi connectivity index (χ4v) is 6.34. The van der Waals surface area contributed by atoms with Crippen molar-refractivity contribution in [3.8, 4) is 0 Å². The van der Waals surface area contributed by atoms with Crippen LogP contribution in [0.15, 0.2) is 35.2 Å². The van der Waals surface area contributed by atoms with E-state index in [4.69, 9.17) is 0 Å². The van der Waals surface area contributed by atoms with E-state index in [0.29, 0.717) is 17.7 Å². The van der Waals surface area contributed by atoms with Gasteiger partial charge in [0.15, 0.2) is 0 Å². The third-order valence-corrected chi connectivity index (χ3v) is 7.43. The van der Waals surface area contributed by atoms with Crippen LogP contribution in [0, 0.1) is 0 Å². The average molecular weight is 348 g/mol. The Morgan fingerprint density at radius 2 is 1.38 bits per heavy atom. The van der Waals surface area contributed by atoms with Crippen LogP contribution in [-0.2, 0) is 19.6 Å². The number of imide groups is 1. The number of carbonyl (C=O) groups excluding carboxylic acids is 2. The summed E-state index contributed by atoms with van der Waals surface area (Å²) >= 11 is 0. The molecule has 1 unspecified atom stereocenters. The fraction of sp³-hybridized carbons (Fsp3) is 0.529. The van der Waals surface area contributed by atoms with Crippen LogP contribution in [0.5, 0.6) is 0 Å². The zero-order valence-corrected chi connectivity index (χ0v) is 14.1. The van der Waals surface area contributed by atoms with Crippen LogP contribution < -0.4 is 0 Å². The number of hydrogen-bond donors (Lipinski definition) is 0. The van der Waals surface area contributed by atoms with Crippen LogP contribution >= 0.6 is 0 Å². The maximum absolute atomic E-state index is 13.0. The quantitative estimate of drug-likeness (QED) is 0.776. The highest BCUT2D eigenvalue weighted by Gasteiger charge is 2.50. The van der Waals surface area contributed by atoms with E-state index in [2.05, 4.69) is 0 Å². The molecule has 3 aliphatic heterocycles. The van der Waals surface area contributed by atoms with E-state index in [-0.39, 0.29) is 42.8 Å². The van der Waals surface area contributed by atoms with Crippen LogP contribution in [-0.4, -0.2) is 47.6 Å². The van der Waals surface area contributed by atoms with Gasteiger partial charge in [-0.25, -0.2) is 8.42 Å². The molecule has 0 N–H and O–H groups in total. The first-order valence-electron chi connectivity index (χ1n) is 8.42. The lowest BCUT2D eigenvalue weighted by Gasteiger charge is -2.40. The first-order chi connectivity index (χ1) is 11.5. The first-order valence-corrected chi connectivity index (χ1v) is 9.86. The van der Waals surface area contributed by atoms with Gasteiger partial charge in [-0.1, -0.05) is 18.2 Å². The molecule has 0 aliphatic carbocycles. The van der Waals surface area contributed by atoms with Crippen molar-refractivity contribution in [3.05, 3.63) is 30.3 Å². The summed E-state index contributed by atoms with van der Waals surface area (Å²) in [5, 5.41) is 0. The highest BCUT2D eigenvalue weighted by molar-refractivity contribution is 7.89. The average Bonchev–Trinajstić information content (AvgIpc) is 3.05. The predicted molar refractivity (Wildman–Crippen MR) is 86.4 cm³/mol. The molecule has 7 heteroatoms. The van der Waals surface area contributed by atoms with Gasteiger partial charge in [-0.3, -0.25) is 14.5 Å². The smallest absolute Gasteiger partial charge is 0.243 e. The van der Waals surface area contributed by atoms with Crippen molar-refractivity contribution in [3.63, 3.8) is 0 Å². The summed E-state index contributed by atoms with van der Waals surface area (Å²) < 4.78 is 27.6. The number of sulfonamides is 1. The summed E-state index contributed by atoms with van der Waals surface area (Å²) in [5.74, 6) is -0.215. The molecular weight excluding hydrogens is 328 g/mol. The lowest BCUT2D eigenvalue weighted by molar-refractivity contribution is -0.142. The largest absolute Gasteiger partial charge is 0.279 e. The SMILES string of the molecule is O=C1CCC(=O)N1C1C[C@H]2CC[C@@H](C1)N2S(=O)(=O)c1ccccc1. The molecule has 1 aromatic carbocycles. The Kier molecular flexibility index (Phi) is 3.73. The third-order valence-electron chi connectivity index (χ3n) is 5.42. The molecule has 3 aliphatic rings. The van der Waals surface area contributed by atoms with Crippen molar-refractivity contribution in [2.24, 2.45) is 0 Å². The first kappa shape index (κ1) is 15.8. The normalized spacial score (nSPS) is 31.0. The fourth-order valence-electron chi connectivity index (χ4n) is 4.42. The van der Waals surface area contributed by atoms with Gasteiger partial charge in [0, 0.05) is 31.0 Å². The zero-order chi connectivity index (χ0) is 16.9. The molecule has 3 saturated heterocycles. The number of benzene rings is 1. The molecule has 0 aromatic heterocycles. The maximum atomic E-state index is 13.0. The van der Waals surface area contributed by atoms with Crippen molar-refractivity contribution < 1.29 is 18.0 Å². The Labute approximate surface area is 141 Å². The molecule has 6 nitrogen and oxygen atoms in total. The summed E-state index contributed by atoms with van der Waals surface area (Å²) in [7, 11) is -3.53. The second kappa shape index (κ2) is 5.67. The Bertz CT molecular complexity index is 747. The Balaban J connectivity index is 1.60. The summed E-state index contributed by atoms with van der Waals surface area (Å²) in [6.45, 7) is 0. The maximum Gasteiger partial charge on any atom is 0.243 e. The van der Waals surface area contributed by atoms with Gasteiger partial charge < -0.3 is 0 Å². The van der Waals surface area contributed by atoms with E-state index >= 15 is 0 Å². The molecule has 3 atom stereocenters. The van der Waals surface area contributed by atoms with Gasteiger partial charge in [0.2, 0.25) is 21.8 Å². The molecular formula is C17H20N2O4S. The minimum atomic E-state index is -3.53. The van der Waals surface area contributed by atoms with E-state index in [0.717, 1.165) is 12.8 Å². The molecule has 1 aromatic rings. The van der Waals surface area contributed by atoms with Crippen molar-refractivity contribution >= 4 is 21.8 Å². The standard InChI is InChI=1S/C17H20N2O4S/c20-16-8-9-17(21)18(16)14-10-12-6-7-13(11-14)19(12)24(22,23)15-4-2-1-3-5-15/h1-5,12-14H,6-11H2/t12-,13+,14?. The van der Waals surface area contributed by atoms with Crippen LogP contribution in [0.1, 0.15) is 38.5 Å². The molecule has 3 heterocycles. The van der Waals surface area contributed by atoms with E-state index in [1.165, 1.54) is 4.90 Å². The summed E-state index contributed by atoms with van der Waals surface area (Å²) in [4.78, 5) is 25.7. The number of carbonyl (C=O) groups is 2. The van der Waals surface area contributed by atoms with Gasteiger partial charge in [-0.05, 0) is 37.8 Å². The van der Waals surface area contributed by atoms with Crippen molar-refractivity contribution in [1.29, 1.82) is 0 Å². The van der Waals surface area contributed by atoms with E-state index in [1.807, 2.05) is 0 Å². The van der Waals surface area contributed by atoms with E-state index < -0.39 is 10.0 Å². The number of nitrogens with zero attached hydrogens (tertiary/aromatic N) is 2. The molecule has 0 saturated carbocycles. The molecule has 4 rings (SSSR count). The van der Waals surface area contributed by atoms with Crippen LogP contribution in [0.2, 0.25) is 0 Å². The number of piperidine rings is 1. The van der Waals surface area contributed by atoms with Crippen molar-refractivity contribution in [1.82, 2.24) is 9.21 Å². The molecule has 0 radical (unpaired) electrons. The third kappa shape index (κ3) is 2.38. The minimum Gasteiger partial charge on any atom is -0.279 e. The zero-order valence-electron chi connectivity index (χ0n) is 13.3. The van der Waals surface area contributed by atoms with Crippen LogP contribution in [0.3, 0.4) is 0 Å². The van der Waals surface area contributed by atoms with Crippen molar-refractivity contribution in [2.45, 2.75) is 61.5 Å². The molecule has 3 fully saturated rings. The van der Waals surface area contributed by atoms with Crippen LogP contribution in [0.4, 0.5) is 0 Å². The number of hydrogen-bond acceptors (Lipinski definition) is 4. The summed E-state index contributed by atoms with van der Waals surface area (Å²) in [6.07, 6.45) is 3.28. The molecule has 24 heavy (non-hydrogen) atoms. The Hall–Kier alpha value is -1.73. The minimum absolute atomic E-state index is 0.108. The second-order valence-electron chi connectivity index (χ2n) is 6.82. The summed E-state index contributed by atoms with van der Waals surface area (Å²) in [6, 6.07) is 8.09. The predicted octanol–water partition coefficient (Wildman–Crippen LogP) is 1.52. The number of likely N-dealkylation sites (tertiary alicyclic amines) is 1. The van der Waals surface area contributed by atoms with E-state index in [9.17, 15) is 18.0 Å². The Morgan fingerprint density at radius 1 is 0.833 bits per heavy atom. The number of rotatable bonds is 3. The number of amides is 2. The van der Waals surface area contributed by atoms with E-state index in [1.54, 1.807) is 34.6 Å². The highest BCUT2D eigenvalue weighted by Crippen LogP contribution is 2.42. The van der Waals surface area contributed by atoms with Crippen molar-refractivity contribution in [2.75, 3.05) is 0 Å². The van der Waals surface area contributed by atoms with Gasteiger partial charge in [-0.2, -0.15) is 4.31 Å². The van der Waals surface area contributed by atoms with Gasteiger partial charge >= 0.3 is 0 Å². The monoisotopic (exact) mass is 348 g/mol. The molecule has 2 bridgehead atoms. The number of fused-ring (bicyclic) bond motifs is 2. The highest BCUT2D eigenvalue weighted by atomic mass is 32.2. The van der Waals surface area contributed by atoms with Gasteiger partial charge in [0.1, 0.15) is 0 Å². The van der Waals surface area contributed by atoms with Crippen LogP contribution in [0.25, 0.3) is 0 Å². The van der Waals surface area contributed by atoms with Gasteiger partial charge in [0.25, 0.3) is 0 Å².